The van der Waals surface area contributed by atoms with Crippen LogP contribution in [0.1, 0.15) is 147 Å². The molecule has 5 aliphatic rings. The number of hydrogen-bond acceptors (Lipinski definition) is 17. The van der Waals surface area contributed by atoms with E-state index < -0.39 is 121 Å². The van der Waals surface area contributed by atoms with Gasteiger partial charge in [0.15, 0.2) is 17.8 Å². The van der Waals surface area contributed by atoms with Gasteiger partial charge in [-0.1, -0.05) is 95.6 Å². The molecule has 0 aromatic carbocycles. The number of carbonyl (C=O) groups excluding carboxylic acids is 5. The number of thiophene rings is 1. The van der Waals surface area contributed by atoms with Crippen LogP contribution in [-0.4, -0.2) is 128 Å². The number of nitrogens with one attached hydrogen (secondary N) is 1. The van der Waals surface area contributed by atoms with Crippen molar-refractivity contribution in [3.05, 3.63) is 45.2 Å². The molecule has 72 heavy (non-hydrogen) atoms. The molecule has 2 saturated carbocycles. The van der Waals surface area contributed by atoms with E-state index in [1.54, 1.807) is 65.3 Å². The highest BCUT2D eigenvalue weighted by Crippen LogP contribution is 2.69. The zero-order chi connectivity index (χ0) is 53.7. The zero-order valence-electron chi connectivity index (χ0n) is 45.5. The van der Waals surface area contributed by atoms with Gasteiger partial charge in [0.1, 0.15) is 35.6 Å². The molecule has 3 aliphatic carbocycles. The van der Waals surface area contributed by atoms with Crippen molar-refractivity contribution >= 4 is 71.2 Å². The molecule has 404 valence electrons. The number of carbonyl (C=O) groups is 5. The van der Waals surface area contributed by atoms with Crippen LogP contribution in [0.15, 0.2) is 39.6 Å². The fourth-order valence-corrected chi connectivity index (χ4v) is 20.4. The second kappa shape index (κ2) is 22.0. The number of fused-ring (bicyclic) bond motifs is 4. The lowest BCUT2D eigenvalue weighted by atomic mass is 9.42. The third kappa shape index (κ3) is 10.8. The van der Waals surface area contributed by atoms with Crippen LogP contribution in [0.3, 0.4) is 0 Å². The van der Waals surface area contributed by atoms with E-state index in [-0.39, 0.29) is 41.6 Å². The molecule has 12 atom stereocenters. The minimum absolute atomic E-state index is 0.0155. The van der Waals surface area contributed by atoms with E-state index in [1.165, 1.54) is 18.3 Å². The summed E-state index contributed by atoms with van der Waals surface area (Å²) in [7, 11) is 0.290. The molecular formula is C53H81NO14S3Si. The molecule has 2 bridgehead atoms. The SMILES string of the molecule is CSSCCCC(=O)O[C@@H]1C2=C(C)[C@@H](OC(=O)[C@H](O[Si](C(C)C)(C(C)C)C(C)C)[C@H](C=C(C)C)NC(=O)OC(C)(C)C)C[C@@](O)([C@@H](OC(=O)c3ccsc3)[C@@H]3[C@]4(OC(C)=O)CO[C@@H]4C[C@H]4O[C@@H]1[C@@]34C)C2(C)C. The Bertz CT molecular complexity index is 2220. The van der Waals surface area contributed by atoms with Crippen molar-refractivity contribution in [2.75, 3.05) is 18.6 Å². The zero-order valence-corrected chi connectivity index (χ0v) is 48.9. The monoisotopic (exact) mass is 1080 g/mol. The van der Waals surface area contributed by atoms with Gasteiger partial charge in [-0.15, -0.1) is 0 Å². The molecule has 0 radical (unpaired) electrons. The van der Waals surface area contributed by atoms with Crippen LogP contribution in [-0.2, 0) is 52.0 Å². The van der Waals surface area contributed by atoms with Gasteiger partial charge in [-0.05, 0) is 93.4 Å². The van der Waals surface area contributed by atoms with E-state index in [9.17, 15) is 24.3 Å². The third-order valence-corrected chi connectivity index (χ3v) is 24.8. The highest BCUT2D eigenvalue weighted by atomic mass is 33.1. The number of amides is 1. The number of hydrogen-bond donors (Lipinski definition) is 2. The third-order valence-electron chi connectivity index (χ3n) is 16.2. The van der Waals surface area contributed by atoms with Crippen LogP contribution in [0.2, 0.25) is 16.6 Å². The molecule has 0 spiro atoms. The van der Waals surface area contributed by atoms with Crippen molar-refractivity contribution in [1.29, 1.82) is 0 Å². The van der Waals surface area contributed by atoms with Gasteiger partial charge in [0.05, 0.1) is 30.2 Å². The Morgan fingerprint density at radius 3 is 2.17 bits per heavy atom. The van der Waals surface area contributed by atoms with Crippen LogP contribution in [0.5, 0.6) is 0 Å². The quantitative estimate of drug-likeness (QED) is 0.0332. The Kier molecular flexibility index (Phi) is 17.8. The van der Waals surface area contributed by atoms with Gasteiger partial charge in [-0.25, -0.2) is 14.4 Å². The number of alkyl carbamates (subject to hydrolysis) is 1. The van der Waals surface area contributed by atoms with Crippen molar-refractivity contribution in [1.82, 2.24) is 5.32 Å². The first-order chi connectivity index (χ1) is 33.4. The van der Waals surface area contributed by atoms with Gasteiger partial charge in [0.25, 0.3) is 0 Å². The average Bonchev–Trinajstić information content (AvgIpc) is 3.79. The Balaban J connectivity index is 1.59. The van der Waals surface area contributed by atoms with E-state index in [2.05, 4.69) is 46.9 Å². The smallest absolute Gasteiger partial charge is 0.408 e. The van der Waals surface area contributed by atoms with E-state index in [0.29, 0.717) is 29.7 Å². The molecule has 2 aliphatic heterocycles. The lowest BCUT2D eigenvalue weighted by molar-refractivity contribution is -0.416. The summed E-state index contributed by atoms with van der Waals surface area (Å²) in [5.74, 6) is -2.86. The summed E-state index contributed by atoms with van der Waals surface area (Å²) in [6, 6.07) is 0.571. The molecule has 1 amide bonds. The summed E-state index contributed by atoms with van der Waals surface area (Å²) >= 11 is 1.31. The summed E-state index contributed by atoms with van der Waals surface area (Å²) in [6.07, 6.45) is -3.72. The first kappa shape index (κ1) is 58.3. The van der Waals surface area contributed by atoms with Crippen LogP contribution >= 0.6 is 32.9 Å². The van der Waals surface area contributed by atoms with Crippen LogP contribution in [0, 0.1) is 16.7 Å². The topological polar surface area (TPSA) is 191 Å². The van der Waals surface area contributed by atoms with Crippen LogP contribution < -0.4 is 5.32 Å². The highest BCUT2D eigenvalue weighted by molar-refractivity contribution is 8.76. The predicted molar refractivity (Wildman–Crippen MR) is 282 cm³/mol. The van der Waals surface area contributed by atoms with Gasteiger partial charge in [0.2, 0.25) is 8.32 Å². The first-order valence-electron chi connectivity index (χ1n) is 25.4. The number of allylic oxidation sites excluding steroid dienone is 1. The van der Waals surface area contributed by atoms with Gasteiger partial charge in [-0.2, -0.15) is 11.3 Å². The molecule has 0 unspecified atom stereocenters. The number of ether oxygens (including phenoxy) is 7. The lowest BCUT2D eigenvalue weighted by Crippen LogP contribution is -2.86. The van der Waals surface area contributed by atoms with Gasteiger partial charge in [-0.3, -0.25) is 9.59 Å². The van der Waals surface area contributed by atoms with Crippen LogP contribution in [0.4, 0.5) is 4.79 Å². The summed E-state index contributed by atoms with van der Waals surface area (Å²) in [6.45, 7) is 30.2. The standard InChI is InChI=1S/C53H81NO14S3Si/c1-28(2)23-35(54-48(59)67-49(11,12)13)41(68-72(29(3)4,30(5)6)31(7)8)47(58)62-36-25-53(60)45(65-46(57)34-20-22-70-26-34)43-51(16)37(24-38-52(43,27-61-38)66-33(10)55)63-44(51)42(40(32(36)9)50(53,14)15)64-39(56)19-18-21-71-69-17/h20,22-23,26,29-31,35-38,41-45,60H,18-19,21,24-25,27H2,1-17H3,(H,54,59)/t35-,36-,37+,38+,41+,42+,43-,44-,45-,51+,52-,53+/m0/s1. The van der Waals surface area contributed by atoms with E-state index in [0.717, 1.165) is 5.57 Å². The predicted octanol–water partition coefficient (Wildman–Crippen LogP) is 10.3. The van der Waals surface area contributed by atoms with E-state index >= 15 is 4.79 Å². The maximum absolute atomic E-state index is 15.7. The van der Waals surface area contributed by atoms with Gasteiger partial charge < -0.3 is 48.0 Å². The van der Waals surface area contributed by atoms with E-state index in [4.69, 9.17) is 37.6 Å². The minimum Gasteiger partial charge on any atom is -0.456 e. The minimum atomic E-state index is -2.96. The Labute approximate surface area is 440 Å². The fraction of sp³-hybridized carbons (Fsp3) is 0.755. The summed E-state index contributed by atoms with van der Waals surface area (Å²) in [4.78, 5) is 71.5. The molecule has 4 fully saturated rings. The summed E-state index contributed by atoms with van der Waals surface area (Å²) in [5.41, 5.74) is -4.78. The largest absolute Gasteiger partial charge is 0.456 e. The van der Waals surface area contributed by atoms with Gasteiger partial charge >= 0.3 is 30.0 Å². The molecular weight excluding hydrogens is 999 g/mol. The summed E-state index contributed by atoms with van der Waals surface area (Å²) in [5, 5.41) is 20.6. The average molecular weight is 1080 g/mol. The second-order valence-corrected chi connectivity index (χ2v) is 32.2. The molecule has 19 heteroatoms. The molecule has 2 saturated heterocycles. The van der Waals surface area contributed by atoms with Crippen molar-refractivity contribution in [2.24, 2.45) is 16.7 Å². The van der Waals surface area contributed by atoms with Crippen molar-refractivity contribution in [3.63, 3.8) is 0 Å². The maximum Gasteiger partial charge on any atom is 0.408 e. The van der Waals surface area contributed by atoms with Crippen molar-refractivity contribution in [2.45, 2.75) is 219 Å². The summed E-state index contributed by atoms with van der Waals surface area (Å²) < 4.78 is 52.8. The molecule has 3 heterocycles. The molecule has 1 aromatic rings. The first-order valence-corrected chi connectivity index (χ1v) is 31.2. The number of aliphatic hydroxyl groups is 1. The highest BCUT2D eigenvalue weighted by Gasteiger charge is 2.82. The van der Waals surface area contributed by atoms with Crippen LogP contribution in [0.25, 0.3) is 0 Å². The molecule has 2 N–H and O–H groups in total. The molecule has 1 aromatic heterocycles. The number of esters is 4. The fourth-order valence-electron chi connectivity index (χ4n) is 13.0. The van der Waals surface area contributed by atoms with Crippen molar-refractivity contribution in [3.8, 4) is 0 Å². The molecule has 15 nitrogen and oxygen atoms in total. The lowest BCUT2D eigenvalue weighted by Gasteiger charge is -2.74. The maximum atomic E-state index is 15.7. The Morgan fingerprint density at radius 1 is 0.986 bits per heavy atom. The number of rotatable bonds is 19. The normalized spacial score (nSPS) is 31.3. The molecule has 6 rings (SSSR count). The Hall–Kier alpha value is -2.91. The van der Waals surface area contributed by atoms with Gasteiger partial charge in [0, 0.05) is 48.1 Å². The van der Waals surface area contributed by atoms with Crippen molar-refractivity contribution < 1.29 is 66.7 Å². The van der Waals surface area contributed by atoms with E-state index in [1.807, 2.05) is 47.8 Å². The second-order valence-electron chi connectivity index (χ2n) is 23.4. The Morgan fingerprint density at radius 2 is 1.64 bits per heavy atom.